The van der Waals surface area contributed by atoms with Gasteiger partial charge in [-0.05, 0) is 0 Å². The Kier molecular flexibility index (Phi) is 2.22. The van der Waals surface area contributed by atoms with E-state index in [-0.39, 0.29) is 5.82 Å². The fourth-order valence-electron chi connectivity index (χ4n) is 0.487. The number of alkyl halides is 3. The number of halogens is 3. The van der Waals surface area contributed by atoms with E-state index in [0.29, 0.717) is 12.3 Å². The lowest BCUT2D eigenvalue weighted by molar-refractivity contribution is -0.0158. The molecular weight excluding hydrogens is 222 g/mol. The summed E-state index contributed by atoms with van der Waals surface area (Å²) in [4.78, 5) is 3.43. The van der Waals surface area contributed by atoms with Crippen molar-refractivity contribution in [2.24, 2.45) is 0 Å². The summed E-state index contributed by atoms with van der Waals surface area (Å²) in [7, 11) is 0. The van der Waals surface area contributed by atoms with Crippen molar-refractivity contribution in [3.8, 4) is 0 Å². The van der Waals surface area contributed by atoms with Gasteiger partial charge in [0.15, 0.2) is 5.82 Å². The number of hydrogen-bond donors (Lipinski definition) is 0. The second kappa shape index (κ2) is 2.84. The second-order valence-corrected chi connectivity index (χ2v) is 2.60. The molecule has 6 heteroatoms. The highest BCUT2D eigenvalue weighted by atomic mass is 79.9. The molecule has 0 fully saturated rings. The average Bonchev–Trinajstić information content (AvgIpc) is 2.32. The Bertz CT molecular complexity index is 245. The Labute approximate surface area is 69.9 Å². The number of rotatable bonds is 2. The summed E-state index contributed by atoms with van der Waals surface area (Å²) in [5.41, 5.74) is 0. The van der Waals surface area contributed by atoms with E-state index >= 15 is 0 Å². The van der Waals surface area contributed by atoms with Crippen molar-refractivity contribution < 1.29 is 13.3 Å². The molecule has 0 atom stereocenters. The molecule has 0 amide bonds. The first-order valence-corrected chi connectivity index (χ1v) is 3.93. The first kappa shape index (κ1) is 8.58. The third kappa shape index (κ3) is 1.95. The average molecular weight is 227 g/mol. The predicted molar refractivity (Wildman–Crippen MR) is 36.5 cm³/mol. The van der Waals surface area contributed by atoms with E-state index in [1.807, 2.05) is 0 Å². The summed E-state index contributed by atoms with van der Waals surface area (Å²) in [6.07, 6.45) is 0. The molecule has 1 heterocycles. The third-order valence-corrected chi connectivity index (χ3v) is 1.46. The van der Waals surface area contributed by atoms with Crippen LogP contribution in [-0.4, -0.2) is 10.1 Å². The van der Waals surface area contributed by atoms with Gasteiger partial charge in [0, 0.05) is 6.92 Å². The van der Waals surface area contributed by atoms with Gasteiger partial charge in [0.05, 0.1) is 5.33 Å². The van der Waals surface area contributed by atoms with E-state index in [0.717, 1.165) is 0 Å². The van der Waals surface area contributed by atoms with E-state index in [9.17, 15) is 8.78 Å². The minimum Gasteiger partial charge on any atom is -0.333 e. The largest absolute Gasteiger partial charge is 0.333 e. The van der Waals surface area contributed by atoms with Crippen molar-refractivity contribution in [1.82, 2.24) is 10.1 Å². The molecular formula is C5H5BrF2N2O. The predicted octanol–water partition coefficient (Wildman–Crippen LogP) is 2.08. The highest BCUT2D eigenvalue weighted by molar-refractivity contribution is 9.08. The highest BCUT2D eigenvalue weighted by Crippen LogP contribution is 2.24. The molecule has 0 aromatic carbocycles. The first-order chi connectivity index (χ1) is 5.04. The van der Waals surface area contributed by atoms with Gasteiger partial charge in [-0.2, -0.15) is 13.8 Å². The minimum absolute atomic E-state index is 0.224. The normalized spacial score (nSPS) is 12.0. The number of nitrogens with zero attached hydrogens (tertiary/aromatic N) is 2. The van der Waals surface area contributed by atoms with Gasteiger partial charge in [-0.3, -0.25) is 0 Å². The van der Waals surface area contributed by atoms with Crippen molar-refractivity contribution in [3.05, 3.63) is 11.7 Å². The lowest BCUT2D eigenvalue weighted by atomic mass is 10.4. The van der Waals surface area contributed by atoms with Crippen molar-refractivity contribution >= 4 is 15.9 Å². The third-order valence-electron chi connectivity index (χ3n) is 0.963. The fourth-order valence-corrected chi connectivity index (χ4v) is 0.714. The summed E-state index contributed by atoms with van der Waals surface area (Å²) in [5, 5.41) is 3.60. The van der Waals surface area contributed by atoms with Crippen LogP contribution in [0.4, 0.5) is 8.78 Å². The molecule has 0 N–H and O–H groups in total. The van der Waals surface area contributed by atoms with Crippen LogP contribution in [0.15, 0.2) is 4.52 Å². The Balaban J connectivity index is 2.89. The van der Waals surface area contributed by atoms with Crippen molar-refractivity contribution in [1.29, 1.82) is 0 Å². The van der Waals surface area contributed by atoms with Gasteiger partial charge in [-0.15, -0.1) is 0 Å². The van der Waals surface area contributed by atoms with Crippen LogP contribution in [0.25, 0.3) is 0 Å². The summed E-state index contributed by atoms with van der Waals surface area (Å²) in [6, 6.07) is 0. The molecule has 0 saturated carbocycles. The van der Waals surface area contributed by atoms with Crippen LogP contribution in [-0.2, 0) is 11.3 Å². The van der Waals surface area contributed by atoms with Crippen molar-refractivity contribution in [3.63, 3.8) is 0 Å². The summed E-state index contributed by atoms with van der Waals surface area (Å²) in [6.45, 7) is 0.707. The van der Waals surface area contributed by atoms with Crippen LogP contribution in [0.2, 0.25) is 0 Å². The number of aromatic nitrogens is 2. The van der Waals surface area contributed by atoms with E-state index in [2.05, 4.69) is 30.6 Å². The lowest BCUT2D eigenvalue weighted by Gasteiger charge is -2.00. The van der Waals surface area contributed by atoms with Gasteiger partial charge in [0.25, 0.3) is 5.89 Å². The highest BCUT2D eigenvalue weighted by Gasteiger charge is 2.31. The summed E-state index contributed by atoms with van der Waals surface area (Å²) < 4.78 is 29.1. The quantitative estimate of drug-likeness (QED) is 0.726. The lowest BCUT2D eigenvalue weighted by Crippen LogP contribution is -2.07. The SMILES string of the molecule is CC(F)(F)c1nc(CBr)no1. The molecule has 1 rings (SSSR count). The molecule has 62 valence electrons. The Morgan fingerprint density at radius 3 is 2.55 bits per heavy atom. The van der Waals surface area contributed by atoms with Gasteiger partial charge in [-0.25, -0.2) is 0 Å². The molecule has 0 saturated heterocycles. The van der Waals surface area contributed by atoms with Gasteiger partial charge >= 0.3 is 5.92 Å². The summed E-state index contributed by atoms with van der Waals surface area (Å²) >= 11 is 3.01. The molecule has 0 spiro atoms. The van der Waals surface area contributed by atoms with Crippen molar-refractivity contribution in [2.45, 2.75) is 18.2 Å². The van der Waals surface area contributed by atoms with Gasteiger partial charge in [0.2, 0.25) is 0 Å². The molecule has 1 aromatic rings. The zero-order valence-electron chi connectivity index (χ0n) is 5.64. The molecule has 1 aromatic heterocycles. The molecule has 11 heavy (non-hydrogen) atoms. The van der Waals surface area contributed by atoms with Crippen LogP contribution in [0, 0.1) is 0 Å². The maximum absolute atomic E-state index is 12.4. The first-order valence-electron chi connectivity index (χ1n) is 2.81. The minimum atomic E-state index is -3.05. The molecule has 0 radical (unpaired) electrons. The maximum Gasteiger partial charge on any atom is 0.322 e. The van der Waals surface area contributed by atoms with Crippen LogP contribution in [0.5, 0.6) is 0 Å². The molecule has 0 aliphatic heterocycles. The molecule has 3 nitrogen and oxygen atoms in total. The fraction of sp³-hybridized carbons (Fsp3) is 0.600. The van der Waals surface area contributed by atoms with E-state index < -0.39 is 11.8 Å². The smallest absolute Gasteiger partial charge is 0.322 e. The summed E-state index contributed by atoms with van der Waals surface area (Å²) in [5.74, 6) is -3.47. The Hall–Kier alpha value is -0.520. The van der Waals surface area contributed by atoms with E-state index in [1.165, 1.54) is 0 Å². The van der Waals surface area contributed by atoms with Gasteiger partial charge < -0.3 is 4.52 Å². The van der Waals surface area contributed by atoms with Crippen LogP contribution >= 0.6 is 15.9 Å². The van der Waals surface area contributed by atoms with E-state index in [1.54, 1.807) is 0 Å². The molecule has 0 bridgehead atoms. The standard InChI is InChI=1S/C5H5BrF2N2O/c1-5(7,8)4-9-3(2-6)10-11-4/h2H2,1H3. The molecule has 0 aliphatic carbocycles. The van der Waals surface area contributed by atoms with Crippen molar-refractivity contribution in [2.75, 3.05) is 0 Å². The second-order valence-electron chi connectivity index (χ2n) is 2.04. The Morgan fingerprint density at radius 1 is 1.64 bits per heavy atom. The molecule has 0 unspecified atom stereocenters. The maximum atomic E-state index is 12.4. The van der Waals surface area contributed by atoms with Crippen LogP contribution in [0.1, 0.15) is 18.6 Å². The van der Waals surface area contributed by atoms with Crippen LogP contribution in [0.3, 0.4) is 0 Å². The molecule has 0 aliphatic rings. The zero-order chi connectivity index (χ0) is 8.48. The monoisotopic (exact) mass is 226 g/mol. The number of hydrogen-bond acceptors (Lipinski definition) is 3. The topological polar surface area (TPSA) is 38.9 Å². The van der Waals surface area contributed by atoms with E-state index in [4.69, 9.17) is 0 Å². The van der Waals surface area contributed by atoms with Gasteiger partial charge in [-0.1, -0.05) is 21.1 Å². The Morgan fingerprint density at radius 2 is 2.27 bits per heavy atom. The van der Waals surface area contributed by atoms with Gasteiger partial charge in [0.1, 0.15) is 0 Å². The zero-order valence-corrected chi connectivity index (χ0v) is 7.23. The van der Waals surface area contributed by atoms with Crippen LogP contribution < -0.4 is 0 Å².